The lowest BCUT2D eigenvalue weighted by Crippen LogP contribution is -2.41. The summed E-state index contributed by atoms with van der Waals surface area (Å²) in [6.07, 6.45) is 1.85. The van der Waals surface area contributed by atoms with E-state index in [1.54, 1.807) is 16.5 Å². The maximum atomic E-state index is 12.6. The van der Waals surface area contributed by atoms with Crippen molar-refractivity contribution in [1.29, 1.82) is 0 Å². The van der Waals surface area contributed by atoms with Crippen molar-refractivity contribution in [2.75, 3.05) is 18.4 Å². The van der Waals surface area contributed by atoms with Crippen LogP contribution in [0.3, 0.4) is 0 Å². The van der Waals surface area contributed by atoms with Gasteiger partial charge in [0.15, 0.2) is 11.6 Å². The highest BCUT2D eigenvalue weighted by molar-refractivity contribution is 5.89. The number of piperidine rings is 1. The van der Waals surface area contributed by atoms with E-state index in [2.05, 4.69) is 31.0 Å². The fourth-order valence-electron chi connectivity index (χ4n) is 3.21. The van der Waals surface area contributed by atoms with Crippen molar-refractivity contribution in [3.05, 3.63) is 41.8 Å². The van der Waals surface area contributed by atoms with E-state index in [-0.39, 0.29) is 11.9 Å². The van der Waals surface area contributed by atoms with Gasteiger partial charge in [-0.25, -0.2) is 4.79 Å². The van der Waals surface area contributed by atoms with Crippen molar-refractivity contribution in [1.82, 2.24) is 35.2 Å². The molecule has 10 nitrogen and oxygen atoms in total. The molecule has 140 valence electrons. The summed E-state index contributed by atoms with van der Waals surface area (Å²) in [6, 6.07) is 7.25. The van der Waals surface area contributed by atoms with Gasteiger partial charge in [0.1, 0.15) is 0 Å². The van der Waals surface area contributed by atoms with Crippen LogP contribution in [0.5, 0.6) is 0 Å². The molecule has 1 N–H and O–H groups in total. The van der Waals surface area contributed by atoms with Gasteiger partial charge in [0.25, 0.3) is 0 Å². The molecule has 0 bridgehead atoms. The fourth-order valence-corrected chi connectivity index (χ4v) is 3.21. The predicted molar refractivity (Wildman–Crippen MR) is 95.5 cm³/mol. The molecule has 1 fully saturated rings. The molecule has 4 rings (SSSR count). The van der Waals surface area contributed by atoms with Gasteiger partial charge in [-0.2, -0.15) is 9.67 Å². The minimum Gasteiger partial charge on any atom is -0.340 e. The van der Waals surface area contributed by atoms with Gasteiger partial charge in [0.05, 0.1) is 5.69 Å². The zero-order valence-corrected chi connectivity index (χ0v) is 15.2. The number of nitrogens with zero attached hydrogens (tertiary/aromatic N) is 7. The molecule has 10 heteroatoms. The number of carbonyl (C=O) groups excluding carboxylic acids is 1. The first kappa shape index (κ1) is 17.1. The Hall–Kier alpha value is -3.30. The van der Waals surface area contributed by atoms with Crippen molar-refractivity contribution in [3.63, 3.8) is 0 Å². The molecule has 1 aliphatic heterocycles. The number of likely N-dealkylation sites (tertiary alicyclic amines) is 1. The van der Waals surface area contributed by atoms with Crippen molar-refractivity contribution in [2.24, 2.45) is 0 Å². The van der Waals surface area contributed by atoms with Crippen molar-refractivity contribution >= 4 is 11.7 Å². The van der Waals surface area contributed by atoms with Gasteiger partial charge in [-0.15, -0.1) is 5.10 Å². The Morgan fingerprint density at radius 3 is 2.74 bits per heavy atom. The van der Waals surface area contributed by atoms with Crippen LogP contribution in [0.2, 0.25) is 0 Å². The number of nitrogens with one attached hydrogen (secondary N) is 1. The molecule has 3 aromatic rings. The number of aromatic nitrogens is 6. The third kappa shape index (κ3) is 3.64. The first-order valence-corrected chi connectivity index (χ1v) is 8.82. The van der Waals surface area contributed by atoms with Crippen LogP contribution in [-0.4, -0.2) is 54.4 Å². The number of hydrogen-bond acceptors (Lipinski definition) is 7. The minimum atomic E-state index is -0.133. The summed E-state index contributed by atoms with van der Waals surface area (Å²) in [6.45, 7) is 4.88. The lowest BCUT2D eigenvalue weighted by molar-refractivity contribution is 0.190. The van der Waals surface area contributed by atoms with Crippen LogP contribution in [0, 0.1) is 13.8 Å². The highest BCUT2D eigenvalue weighted by atomic mass is 16.5. The van der Waals surface area contributed by atoms with E-state index in [1.165, 1.54) is 0 Å². The van der Waals surface area contributed by atoms with Gasteiger partial charge in [-0.05, 0) is 54.5 Å². The number of anilines is 1. The molecule has 0 spiro atoms. The highest BCUT2D eigenvalue weighted by Crippen LogP contribution is 2.25. The number of rotatable bonds is 3. The molecule has 1 aromatic carbocycles. The maximum Gasteiger partial charge on any atom is 0.321 e. The average Bonchev–Trinajstić information content (AvgIpc) is 3.31. The van der Waals surface area contributed by atoms with Gasteiger partial charge in [0.2, 0.25) is 5.89 Å². The zero-order valence-electron chi connectivity index (χ0n) is 15.2. The second-order valence-corrected chi connectivity index (χ2v) is 6.57. The zero-order chi connectivity index (χ0) is 18.8. The quantitative estimate of drug-likeness (QED) is 0.752. The fraction of sp³-hybridized carbons (Fsp3) is 0.412. The van der Waals surface area contributed by atoms with Gasteiger partial charge < -0.3 is 14.7 Å². The Bertz CT molecular complexity index is 933. The molecule has 1 atom stereocenters. The Morgan fingerprint density at radius 2 is 2.07 bits per heavy atom. The molecule has 2 aromatic heterocycles. The molecular weight excluding hydrogens is 348 g/mol. The van der Waals surface area contributed by atoms with E-state index in [0.717, 1.165) is 18.5 Å². The molecule has 1 saturated heterocycles. The van der Waals surface area contributed by atoms with Crippen LogP contribution >= 0.6 is 0 Å². The van der Waals surface area contributed by atoms with Gasteiger partial charge in [0, 0.05) is 31.6 Å². The summed E-state index contributed by atoms with van der Waals surface area (Å²) < 4.78 is 6.70. The van der Waals surface area contributed by atoms with Crippen LogP contribution in [0.4, 0.5) is 10.5 Å². The van der Waals surface area contributed by atoms with E-state index < -0.39 is 0 Å². The SMILES string of the molecule is Cc1nc([C@@H]2CCCN(C(=O)Nc3ccc(-n4nnnc4C)cc3)C2)no1. The third-order valence-corrected chi connectivity index (χ3v) is 4.61. The van der Waals surface area contributed by atoms with Crippen LogP contribution in [0.1, 0.15) is 36.3 Å². The Labute approximate surface area is 155 Å². The second kappa shape index (κ2) is 7.14. The average molecular weight is 368 g/mol. The summed E-state index contributed by atoms with van der Waals surface area (Å²) in [5.74, 6) is 2.02. The summed E-state index contributed by atoms with van der Waals surface area (Å²) in [5, 5.41) is 18.4. The standard InChI is InChI=1S/C17H20N8O2/c1-11-20-22-23-25(11)15-7-5-14(6-8-15)19-17(26)24-9-3-4-13(10-24)16-18-12(2)27-21-16/h5-8,13H,3-4,9-10H2,1-2H3,(H,19,26)/t13-/m1/s1. The Kier molecular flexibility index (Phi) is 4.53. The lowest BCUT2D eigenvalue weighted by atomic mass is 9.98. The summed E-state index contributed by atoms with van der Waals surface area (Å²) >= 11 is 0. The minimum absolute atomic E-state index is 0.104. The van der Waals surface area contributed by atoms with Crippen molar-refractivity contribution < 1.29 is 9.32 Å². The van der Waals surface area contributed by atoms with E-state index >= 15 is 0 Å². The van der Waals surface area contributed by atoms with Crippen molar-refractivity contribution in [3.8, 4) is 5.69 Å². The number of carbonyl (C=O) groups is 1. The number of tetrazole rings is 1. The maximum absolute atomic E-state index is 12.6. The van der Waals surface area contributed by atoms with Crippen LogP contribution < -0.4 is 5.32 Å². The molecular formula is C17H20N8O2. The summed E-state index contributed by atoms with van der Waals surface area (Å²) in [7, 11) is 0. The predicted octanol–water partition coefficient (Wildman–Crippen LogP) is 2.07. The molecule has 27 heavy (non-hydrogen) atoms. The second-order valence-electron chi connectivity index (χ2n) is 6.57. The number of amides is 2. The van der Waals surface area contributed by atoms with Gasteiger partial charge in [-0.3, -0.25) is 0 Å². The number of aryl methyl sites for hydroxylation is 2. The van der Waals surface area contributed by atoms with Gasteiger partial charge in [-0.1, -0.05) is 5.16 Å². The van der Waals surface area contributed by atoms with Crippen LogP contribution in [0.25, 0.3) is 5.69 Å². The molecule has 3 heterocycles. The third-order valence-electron chi connectivity index (χ3n) is 4.61. The topological polar surface area (TPSA) is 115 Å². The first-order chi connectivity index (χ1) is 13.1. The first-order valence-electron chi connectivity index (χ1n) is 8.82. The lowest BCUT2D eigenvalue weighted by Gasteiger charge is -2.31. The molecule has 0 unspecified atom stereocenters. The van der Waals surface area contributed by atoms with Crippen LogP contribution in [-0.2, 0) is 0 Å². The molecule has 1 aliphatic rings. The van der Waals surface area contributed by atoms with E-state index in [0.29, 0.717) is 36.3 Å². The Morgan fingerprint density at radius 1 is 1.26 bits per heavy atom. The molecule has 0 aliphatic carbocycles. The number of benzene rings is 1. The van der Waals surface area contributed by atoms with Crippen molar-refractivity contribution in [2.45, 2.75) is 32.6 Å². The highest BCUT2D eigenvalue weighted by Gasteiger charge is 2.27. The van der Waals surface area contributed by atoms with E-state index in [4.69, 9.17) is 4.52 Å². The largest absolute Gasteiger partial charge is 0.340 e. The summed E-state index contributed by atoms with van der Waals surface area (Å²) in [4.78, 5) is 18.7. The normalized spacial score (nSPS) is 17.1. The molecule has 0 radical (unpaired) electrons. The smallest absolute Gasteiger partial charge is 0.321 e. The van der Waals surface area contributed by atoms with E-state index in [9.17, 15) is 4.79 Å². The number of hydrogen-bond donors (Lipinski definition) is 1. The van der Waals surface area contributed by atoms with Gasteiger partial charge >= 0.3 is 6.03 Å². The number of urea groups is 1. The van der Waals surface area contributed by atoms with E-state index in [1.807, 2.05) is 31.2 Å². The Balaban J connectivity index is 1.40. The molecule has 2 amide bonds. The monoisotopic (exact) mass is 368 g/mol. The molecule has 0 saturated carbocycles. The summed E-state index contributed by atoms with van der Waals surface area (Å²) in [5.41, 5.74) is 1.55. The van der Waals surface area contributed by atoms with Crippen LogP contribution in [0.15, 0.2) is 28.8 Å².